The zero-order valence-corrected chi connectivity index (χ0v) is 36.0. The van der Waals surface area contributed by atoms with Crippen molar-refractivity contribution in [3.05, 3.63) is 0 Å². The fourth-order valence-corrected chi connectivity index (χ4v) is 14.4. The van der Waals surface area contributed by atoms with Crippen molar-refractivity contribution in [3.8, 4) is 0 Å². The lowest BCUT2D eigenvalue weighted by atomic mass is 10.0. The van der Waals surface area contributed by atoms with E-state index in [-0.39, 0.29) is 0 Å². The van der Waals surface area contributed by atoms with Crippen molar-refractivity contribution in [1.29, 1.82) is 0 Å². The van der Waals surface area contributed by atoms with Crippen LogP contribution in [0.3, 0.4) is 0 Å². The van der Waals surface area contributed by atoms with Gasteiger partial charge >= 0.3 is 0 Å². The number of hydrogen-bond donors (Lipinski definition) is 0. The fraction of sp³-hybridized carbons (Fsp3) is 1.00. The Bertz CT molecular complexity index is 367. The first kappa shape index (κ1) is 33.3. The average Bonchev–Trinajstić information content (AvgIpc) is 2.60. The van der Waals surface area contributed by atoms with Crippen molar-refractivity contribution < 1.29 is 0 Å². The molecule has 158 valence electrons. The average molecular weight is 1490 g/mol. The number of rotatable bonds is 13. The lowest BCUT2D eigenvalue weighted by molar-refractivity contribution is 0.608. The number of halogens is 10. The molecule has 0 bridgehead atoms. The number of unbranched alkanes of at least 4 members (excludes halogenated alkanes) is 1. The van der Waals surface area contributed by atoms with Gasteiger partial charge in [-0.3, -0.25) is 0 Å². The molecule has 0 heterocycles. The molecule has 0 radical (unpaired) electrons. The van der Waals surface area contributed by atoms with Crippen molar-refractivity contribution in [2.24, 2.45) is 0 Å². The van der Waals surface area contributed by atoms with Gasteiger partial charge < -0.3 is 0 Å². The molecule has 0 N–H and O–H groups in total. The van der Waals surface area contributed by atoms with E-state index in [1.807, 2.05) is 0 Å². The molecule has 0 spiro atoms. The van der Waals surface area contributed by atoms with Gasteiger partial charge in [0.25, 0.3) is 0 Å². The molecular weight excluding hydrogens is 1460 g/mol. The van der Waals surface area contributed by atoms with Crippen molar-refractivity contribution in [2.45, 2.75) is 78.8 Å². The number of hydrogen-bond acceptors (Lipinski definition) is 0. The first-order chi connectivity index (χ1) is 11.9. The third kappa shape index (κ3) is 13.4. The fourth-order valence-electron chi connectivity index (χ4n) is 2.25. The zero-order chi connectivity index (χ0) is 20.6. The second-order valence-corrected chi connectivity index (χ2v) is 22.1. The summed E-state index contributed by atoms with van der Waals surface area (Å²) in [7, 11) is 0. The Morgan fingerprint density at radius 2 is 0.692 bits per heavy atom. The summed E-state index contributed by atoms with van der Waals surface area (Å²) in [5.41, 5.74) is 0. The Labute approximate surface area is 297 Å². The summed E-state index contributed by atoms with van der Waals surface area (Å²) < 4.78 is 7.62. The number of alkyl halides is 10. The lowest BCUT2D eigenvalue weighted by Gasteiger charge is -2.30. The third-order valence-electron chi connectivity index (χ3n) is 4.00. The molecule has 0 aliphatic heterocycles. The van der Waals surface area contributed by atoms with E-state index in [2.05, 4.69) is 240 Å². The zero-order valence-electron chi connectivity index (χ0n) is 14.4. The second-order valence-electron chi connectivity index (χ2n) is 6.34. The predicted molar refractivity (Wildman–Crippen MR) is 208 cm³/mol. The highest BCUT2D eigenvalue weighted by Gasteiger charge is 2.33. The molecule has 0 aliphatic rings. The SMILES string of the molecule is CC(I)C(I)C(I)C(I)CCCCC(I)C(I)C(I)C(I)C(I)C(C)I. The molecule has 0 aromatic carbocycles. The summed E-state index contributed by atoms with van der Waals surface area (Å²) >= 11 is 26.7. The molecule has 10 unspecified atom stereocenters. The van der Waals surface area contributed by atoms with E-state index in [0.717, 1.165) is 39.2 Å². The van der Waals surface area contributed by atoms with Crippen LogP contribution < -0.4 is 0 Å². The van der Waals surface area contributed by atoms with Gasteiger partial charge in [-0.2, -0.15) is 0 Å². The monoisotopic (exact) mass is 1490 g/mol. The largest absolute Gasteiger partial charge is 0.0817 e. The lowest BCUT2D eigenvalue weighted by Crippen LogP contribution is -2.37. The van der Waals surface area contributed by atoms with Gasteiger partial charge in [0.1, 0.15) is 0 Å². The highest BCUT2D eigenvalue weighted by molar-refractivity contribution is 14.1. The van der Waals surface area contributed by atoms with Crippen LogP contribution in [0.2, 0.25) is 0 Å². The van der Waals surface area contributed by atoms with Crippen LogP contribution in [0.5, 0.6) is 0 Å². The van der Waals surface area contributed by atoms with Crippen molar-refractivity contribution in [1.82, 2.24) is 0 Å². The standard InChI is InChI=1S/C16H24I10/c1-7(17)11(21)13(23)9(19)5-3-4-6-10(20)14(24)16(26)15(25)12(22)8(2)18/h7-16H,3-6H2,1-2H3. The van der Waals surface area contributed by atoms with E-state index < -0.39 is 0 Å². The molecule has 0 aliphatic carbocycles. The maximum Gasteiger partial charge on any atom is 0.0366 e. The minimum absolute atomic E-state index is 0.734. The molecule has 10 heteroatoms. The smallest absolute Gasteiger partial charge is 0.0366 e. The van der Waals surface area contributed by atoms with Gasteiger partial charge in [0.2, 0.25) is 0 Å². The van der Waals surface area contributed by atoms with Gasteiger partial charge in [0.15, 0.2) is 0 Å². The van der Waals surface area contributed by atoms with Gasteiger partial charge in [0, 0.05) is 39.2 Å². The molecule has 0 aromatic rings. The molecular formula is C16H24I10. The van der Waals surface area contributed by atoms with Crippen LogP contribution in [0.1, 0.15) is 39.5 Å². The van der Waals surface area contributed by atoms with Gasteiger partial charge in [-0.15, -0.1) is 0 Å². The minimum atomic E-state index is 0.734. The first-order valence-corrected chi connectivity index (χ1v) is 20.8. The highest BCUT2D eigenvalue weighted by atomic mass is 127. The van der Waals surface area contributed by atoms with Crippen molar-refractivity contribution in [2.75, 3.05) is 0 Å². The molecule has 0 nitrogen and oxygen atoms in total. The maximum atomic E-state index is 2.73. The molecule has 0 rings (SSSR count). The molecule has 0 fully saturated rings. The molecule has 10 atom stereocenters. The van der Waals surface area contributed by atoms with Crippen molar-refractivity contribution >= 4 is 226 Å². The van der Waals surface area contributed by atoms with Crippen LogP contribution in [0.25, 0.3) is 0 Å². The summed E-state index contributed by atoms with van der Waals surface area (Å²) in [6.45, 7) is 4.68. The molecule has 0 saturated carbocycles. The maximum absolute atomic E-state index is 2.73. The topological polar surface area (TPSA) is 0 Å². The molecule has 0 aromatic heterocycles. The Kier molecular flexibility index (Phi) is 23.8. The van der Waals surface area contributed by atoms with Crippen LogP contribution in [0.15, 0.2) is 0 Å². The molecule has 26 heavy (non-hydrogen) atoms. The third-order valence-corrected chi connectivity index (χ3v) is 29.4. The summed E-state index contributed by atoms with van der Waals surface area (Å²) in [6.07, 6.45) is 5.51. The minimum Gasteiger partial charge on any atom is -0.0817 e. The summed E-state index contributed by atoms with van der Waals surface area (Å²) in [5, 5.41) is 0. The van der Waals surface area contributed by atoms with Gasteiger partial charge in [-0.1, -0.05) is 253 Å². The predicted octanol–water partition coefficient (Wildman–Crippen LogP) is 10.6. The van der Waals surface area contributed by atoms with E-state index >= 15 is 0 Å². The van der Waals surface area contributed by atoms with Crippen LogP contribution in [0.4, 0.5) is 0 Å². The Hall–Kier alpha value is 7.30. The van der Waals surface area contributed by atoms with E-state index in [4.69, 9.17) is 0 Å². The Morgan fingerprint density at radius 3 is 1.04 bits per heavy atom. The first-order valence-electron chi connectivity index (χ1n) is 8.32. The van der Waals surface area contributed by atoms with E-state index in [0.29, 0.717) is 0 Å². The Morgan fingerprint density at radius 1 is 0.423 bits per heavy atom. The highest BCUT2D eigenvalue weighted by Crippen LogP contribution is 2.38. The van der Waals surface area contributed by atoms with E-state index in [1.54, 1.807) is 0 Å². The van der Waals surface area contributed by atoms with E-state index in [9.17, 15) is 0 Å². The van der Waals surface area contributed by atoms with Gasteiger partial charge in [0.05, 0.1) is 0 Å². The van der Waals surface area contributed by atoms with Gasteiger partial charge in [-0.25, -0.2) is 0 Å². The van der Waals surface area contributed by atoms with Crippen LogP contribution in [0, 0.1) is 0 Å². The van der Waals surface area contributed by atoms with Crippen molar-refractivity contribution in [3.63, 3.8) is 0 Å². The summed E-state index contributed by atoms with van der Waals surface area (Å²) in [6, 6.07) is 0. The summed E-state index contributed by atoms with van der Waals surface area (Å²) in [5.74, 6) is 0. The quantitative estimate of drug-likeness (QED) is 0.0980. The van der Waals surface area contributed by atoms with Gasteiger partial charge in [-0.05, 0) is 12.8 Å². The molecule has 0 saturated heterocycles. The normalized spacial score (nSPS) is 24.0. The van der Waals surface area contributed by atoms with Crippen LogP contribution in [-0.4, -0.2) is 39.2 Å². The summed E-state index contributed by atoms with van der Waals surface area (Å²) in [4.78, 5) is 0. The van der Waals surface area contributed by atoms with E-state index in [1.165, 1.54) is 25.7 Å². The molecule has 0 amide bonds. The Balaban J connectivity index is 4.27. The second kappa shape index (κ2) is 18.6. The van der Waals surface area contributed by atoms with Crippen LogP contribution >= 0.6 is 226 Å². The van der Waals surface area contributed by atoms with Crippen LogP contribution in [-0.2, 0) is 0 Å².